The highest BCUT2D eigenvalue weighted by Gasteiger charge is 2.42. The number of aliphatic hydroxyl groups excluding tert-OH is 1. The van der Waals surface area contributed by atoms with Crippen LogP contribution in [-0.2, 0) is 14.8 Å². The Morgan fingerprint density at radius 2 is 2.06 bits per heavy atom. The van der Waals surface area contributed by atoms with Crippen LogP contribution in [0, 0.1) is 0 Å². The van der Waals surface area contributed by atoms with Gasteiger partial charge in [-0.15, -0.1) is 0 Å². The Morgan fingerprint density at radius 1 is 1.39 bits per heavy atom. The number of carbonyl (C=O) groups is 1. The monoisotopic (exact) mass is 276 g/mol. The number of hydrogen-bond donors (Lipinski definition) is 1. The summed E-state index contributed by atoms with van der Waals surface area (Å²) in [5.41, 5.74) is 0. The van der Waals surface area contributed by atoms with Crippen LogP contribution in [0.25, 0.3) is 0 Å². The number of hydrogen-bond acceptors (Lipinski definition) is 4. The molecule has 7 heteroatoms. The van der Waals surface area contributed by atoms with E-state index in [1.54, 1.807) is 4.90 Å². The Bertz CT molecular complexity index is 419. The molecule has 0 bridgehead atoms. The van der Waals surface area contributed by atoms with E-state index < -0.39 is 16.1 Å². The standard InChI is InChI=1S/C11H20N2O4S/c1-18(16,17)13-6-2-3-10(13)11(15)12(7-8-14)9-4-5-9/h9-10,14H,2-8H2,1H3. The molecular weight excluding hydrogens is 256 g/mol. The van der Waals surface area contributed by atoms with Gasteiger partial charge in [0.25, 0.3) is 0 Å². The van der Waals surface area contributed by atoms with Crippen LogP contribution in [0.15, 0.2) is 0 Å². The maximum Gasteiger partial charge on any atom is 0.241 e. The van der Waals surface area contributed by atoms with Gasteiger partial charge < -0.3 is 10.0 Å². The lowest BCUT2D eigenvalue weighted by molar-refractivity contribution is -0.135. The van der Waals surface area contributed by atoms with E-state index in [4.69, 9.17) is 5.11 Å². The van der Waals surface area contributed by atoms with Crippen molar-refractivity contribution in [2.24, 2.45) is 0 Å². The van der Waals surface area contributed by atoms with Gasteiger partial charge in [-0.3, -0.25) is 4.79 Å². The van der Waals surface area contributed by atoms with Gasteiger partial charge in [0, 0.05) is 19.1 Å². The summed E-state index contributed by atoms with van der Waals surface area (Å²) in [7, 11) is -3.33. The van der Waals surface area contributed by atoms with Gasteiger partial charge in [0.15, 0.2) is 0 Å². The van der Waals surface area contributed by atoms with Crippen LogP contribution in [-0.4, -0.2) is 66.7 Å². The highest BCUT2D eigenvalue weighted by atomic mass is 32.2. The molecule has 6 nitrogen and oxygen atoms in total. The average molecular weight is 276 g/mol. The minimum Gasteiger partial charge on any atom is -0.395 e. The van der Waals surface area contributed by atoms with E-state index in [-0.39, 0.29) is 18.6 Å². The first-order valence-electron chi connectivity index (χ1n) is 6.33. The Balaban J connectivity index is 2.11. The van der Waals surface area contributed by atoms with Gasteiger partial charge in [-0.25, -0.2) is 8.42 Å². The topological polar surface area (TPSA) is 77.9 Å². The van der Waals surface area contributed by atoms with Crippen LogP contribution in [0.1, 0.15) is 25.7 Å². The van der Waals surface area contributed by atoms with Gasteiger partial charge in [0.05, 0.1) is 12.9 Å². The predicted molar refractivity (Wildman–Crippen MR) is 66.4 cm³/mol. The highest BCUT2D eigenvalue weighted by molar-refractivity contribution is 7.88. The van der Waals surface area contributed by atoms with Crippen molar-refractivity contribution in [1.29, 1.82) is 0 Å². The molecule has 1 heterocycles. The summed E-state index contributed by atoms with van der Waals surface area (Å²) in [6.07, 6.45) is 4.36. The molecule has 1 unspecified atom stereocenters. The number of amides is 1. The van der Waals surface area contributed by atoms with Crippen molar-refractivity contribution in [3.8, 4) is 0 Å². The minimum atomic E-state index is -3.33. The molecule has 2 fully saturated rings. The van der Waals surface area contributed by atoms with Crippen LogP contribution in [0.2, 0.25) is 0 Å². The molecule has 104 valence electrons. The molecule has 0 spiro atoms. The van der Waals surface area contributed by atoms with E-state index in [1.165, 1.54) is 4.31 Å². The molecule has 0 aromatic carbocycles. The molecule has 1 N–H and O–H groups in total. The third-order valence-electron chi connectivity index (χ3n) is 3.53. The Labute approximate surface area is 108 Å². The maximum atomic E-state index is 12.4. The second-order valence-electron chi connectivity index (χ2n) is 5.02. The van der Waals surface area contributed by atoms with Crippen LogP contribution >= 0.6 is 0 Å². The van der Waals surface area contributed by atoms with Crippen molar-refractivity contribution >= 4 is 15.9 Å². The summed E-state index contributed by atoms with van der Waals surface area (Å²) < 4.78 is 24.5. The van der Waals surface area contributed by atoms with Gasteiger partial charge in [0.1, 0.15) is 6.04 Å². The molecule has 2 aliphatic rings. The van der Waals surface area contributed by atoms with E-state index in [2.05, 4.69) is 0 Å². The number of nitrogens with zero attached hydrogens (tertiary/aromatic N) is 2. The lowest BCUT2D eigenvalue weighted by Crippen LogP contribution is -2.49. The Morgan fingerprint density at radius 3 is 2.56 bits per heavy atom. The minimum absolute atomic E-state index is 0.0756. The Kier molecular flexibility index (Phi) is 3.93. The molecule has 0 aromatic heterocycles. The van der Waals surface area contributed by atoms with Crippen molar-refractivity contribution < 1.29 is 18.3 Å². The van der Waals surface area contributed by atoms with Crippen molar-refractivity contribution in [2.75, 3.05) is 26.0 Å². The highest BCUT2D eigenvalue weighted by Crippen LogP contribution is 2.30. The number of rotatable bonds is 5. The zero-order chi connectivity index (χ0) is 13.3. The average Bonchev–Trinajstić information content (AvgIpc) is 2.98. The number of aliphatic hydroxyl groups is 1. The molecule has 0 radical (unpaired) electrons. The van der Waals surface area contributed by atoms with E-state index in [1.807, 2.05) is 0 Å². The SMILES string of the molecule is CS(=O)(=O)N1CCCC1C(=O)N(CCO)C1CC1. The summed E-state index contributed by atoms with van der Waals surface area (Å²) in [5.74, 6) is -0.144. The molecule has 1 atom stereocenters. The Hall–Kier alpha value is -0.660. The van der Waals surface area contributed by atoms with Crippen molar-refractivity contribution in [1.82, 2.24) is 9.21 Å². The first-order valence-corrected chi connectivity index (χ1v) is 8.18. The first-order chi connectivity index (χ1) is 8.45. The molecule has 1 saturated heterocycles. The van der Waals surface area contributed by atoms with E-state index in [0.717, 1.165) is 25.5 Å². The smallest absolute Gasteiger partial charge is 0.241 e. The normalized spacial score (nSPS) is 25.3. The summed E-state index contributed by atoms with van der Waals surface area (Å²) in [4.78, 5) is 14.0. The van der Waals surface area contributed by atoms with Gasteiger partial charge in [-0.2, -0.15) is 4.31 Å². The third kappa shape index (κ3) is 2.84. The van der Waals surface area contributed by atoms with Crippen molar-refractivity contribution in [3.05, 3.63) is 0 Å². The van der Waals surface area contributed by atoms with Gasteiger partial charge in [-0.1, -0.05) is 0 Å². The molecule has 0 aromatic rings. The lowest BCUT2D eigenvalue weighted by atomic mass is 10.2. The fourth-order valence-electron chi connectivity index (χ4n) is 2.54. The van der Waals surface area contributed by atoms with E-state index in [9.17, 15) is 13.2 Å². The predicted octanol–water partition coefficient (Wildman–Crippen LogP) is -0.606. The summed E-state index contributed by atoms with van der Waals surface area (Å²) in [5, 5.41) is 9.01. The van der Waals surface area contributed by atoms with E-state index in [0.29, 0.717) is 19.5 Å². The molecule has 1 amide bonds. The van der Waals surface area contributed by atoms with Gasteiger partial charge in [-0.05, 0) is 25.7 Å². The summed E-state index contributed by atoms with van der Waals surface area (Å²) in [6.45, 7) is 0.651. The van der Waals surface area contributed by atoms with Gasteiger partial charge >= 0.3 is 0 Å². The fraction of sp³-hybridized carbons (Fsp3) is 0.909. The van der Waals surface area contributed by atoms with Crippen LogP contribution in [0.3, 0.4) is 0 Å². The number of carbonyl (C=O) groups excluding carboxylic acids is 1. The maximum absolute atomic E-state index is 12.4. The molecule has 18 heavy (non-hydrogen) atoms. The van der Waals surface area contributed by atoms with Gasteiger partial charge in [0.2, 0.25) is 15.9 Å². The lowest BCUT2D eigenvalue weighted by Gasteiger charge is -2.28. The largest absolute Gasteiger partial charge is 0.395 e. The fourth-order valence-corrected chi connectivity index (χ4v) is 3.66. The zero-order valence-corrected chi connectivity index (χ0v) is 11.4. The summed E-state index contributed by atoms with van der Waals surface area (Å²) >= 11 is 0. The molecule has 1 saturated carbocycles. The second-order valence-corrected chi connectivity index (χ2v) is 6.95. The van der Waals surface area contributed by atoms with Crippen molar-refractivity contribution in [2.45, 2.75) is 37.8 Å². The molecule has 1 aliphatic carbocycles. The quantitative estimate of drug-likeness (QED) is 0.727. The van der Waals surface area contributed by atoms with E-state index >= 15 is 0 Å². The van der Waals surface area contributed by atoms with Crippen LogP contribution < -0.4 is 0 Å². The first kappa shape index (κ1) is 13.8. The zero-order valence-electron chi connectivity index (χ0n) is 10.6. The van der Waals surface area contributed by atoms with Crippen molar-refractivity contribution in [3.63, 3.8) is 0 Å². The molecule has 2 rings (SSSR count). The second kappa shape index (κ2) is 5.14. The van der Waals surface area contributed by atoms with Crippen LogP contribution in [0.4, 0.5) is 0 Å². The number of sulfonamides is 1. The molecular formula is C11H20N2O4S. The molecule has 1 aliphatic heterocycles. The van der Waals surface area contributed by atoms with Crippen LogP contribution in [0.5, 0.6) is 0 Å². The third-order valence-corrected chi connectivity index (χ3v) is 4.82. The summed E-state index contributed by atoms with van der Waals surface area (Å²) in [6, 6.07) is -0.362.